The number of carbonyl (C=O) groups excluding carboxylic acids is 2. The molecule has 11 heteroatoms. The molecule has 1 amide bonds. The van der Waals surface area contributed by atoms with Gasteiger partial charge in [-0.15, -0.1) is 0 Å². The Balaban J connectivity index is 1.68. The van der Waals surface area contributed by atoms with E-state index in [1.54, 1.807) is 37.3 Å². The molecule has 0 aliphatic heterocycles. The Hall–Kier alpha value is -4.20. The second-order valence-electron chi connectivity index (χ2n) is 7.30. The van der Waals surface area contributed by atoms with Crippen LogP contribution in [0.15, 0.2) is 50.7 Å². The number of benzene rings is 1. The highest BCUT2D eigenvalue weighted by Crippen LogP contribution is 2.27. The minimum atomic E-state index is -0.578. The lowest BCUT2D eigenvalue weighted by atomic mass is 10.1. The number of hydrogen-bond acceptors (Lipinski definition) is 8. The standard InChI is InChI=1S/C24H21ClN4O6/c1-14-8-16(13-33-2)19(10-26)23(31)29(14)12-22(30)28-27-11-17-5-7-21(35-17)15-4-6-18(20(25)9-15)24(32)34-3/h4-9,11H,12-13H2,1-3H3,(H,28,30)/b27-11+. The molecule has 0 aliphatic rings. The number of rotatable bonds is 8. The van der Waals surface area contributed by atoms with E-state index in [9.17, 15) is 19.6 Å². The largest absolute Gasteiger partial charge is 0.465 e. The van der Waals surface area contributed by atoms with E-state index in [-0.39, 0.29) is 29.3 Å². The van der Waals surface area contributed by atoms with Crippen molar-refractivity contribution in [2.75, 3.05) is 14.2 Å². The topological polar surface area (TPSA) is 136 Å². The van der Waals surface area contributed by atoms with E-state index in [4.69, 9.17) is 20.8 Å². The van der Waals surface area contributed by atoms with Gasteiger partial charge >= 0.3 is 5.97 Å². The highest BCUT2D eigenvalue weighted by atomic mass is 35.5. The lowest BCUT2D eigenvalue weighted by molar-refractivity contribution is -0.121. The number of halogens is 1. The lowest BCUT2D eigenvalue weighted by Crippen LogP contribution is -2.33. The maximum atomic E-state index is 12.6. The molecule has 0 fully saturated rings. The molecule has 1 N–H and O–H groups in total. The van der Waals surface area contributed by atoms with E-state index in [1.807, 2.05) is 6.07 Å². The van der Waals surface area contributed by atoms with Gasteiger partial charge in [0.2, 0.25) is 0 Å². The first-order chi connectivity index (χ1) is 16.8. The Kier molecular flexibility index (Phi) is 8.20. The van der Waals surface area contributed by atoms with Crippen molar-refractivity contribution >= 4 is 29.7 Å². The van der Waals surface area contributed by atoms with Crippen molar-refractivity contribution in [3.8, 4) is 17.4 Å². The van der Waals surface area contributed by atoms with E-state index in [0.29, 0.717) is 28.3 Å². The van der Waals surface area contributed by atoms with E-state index < -0.39 is 17.4 Å². The smallest absolute Gasteiger partial charge is 0.339 e. The molecule has 0 aliphatic carbocycles. The van der Waals surface area contributed by atoms with Crippen LogP contribution in [0.5, 0.6) is 0 Å². The molecule has 0 spiro atoms. The van der Waals surface area contributed by atoms with E-state index >= 15 is 0 Å². The van der Waals surface area contributed by atoms with Crippen molar-refractivity contribution in [1.82, 2.24) is 9.99 Å². The number of aryl methyl sites for hydroxylation is 1. The molecule has 0 radical (unpaired) electrons. The molecule has 0 atom stereocenters. The number of nitrogens with zero attached hydrogens (tertiary/aromatic N) is 3. The molecule has 1 aromatic carbocycles. The second kappa shape index (κ2) is 11.3. The highest BCUT2D eigenvalue weighted by molar-refractivity contribution is 6.33. The van der Waals surface area contributed by atoms with Crippen LogP contribution in [0.3, 0.4) is 0 Å². The number of carbonyl (C=O) groups is 2. The third-order valence-electron chi connectivity index (χ3n) is 4.97. The monoisotopic (exact) mass is 496 g/mol. The molecule has 10 nitrogen and oxygen atoms in total. The first-order valence-corrected chi connectivity index (χ1v) is 10.6. The van der Waals surface area contributed by atoms with Crippen molar-refractivity contribution in [1.29, 1.82) is 5.26 Å². The fourth-order valence-electron chi connectivity index (χ4n) is 3.29. The van der Waals surface area contributed by atoms with Crippen LogP contribution in [0.1, 0.15) is 32.9 Å². The molecule has 0 bridgehead atoms. The zero-order chi connectivity index (χ0) is 25.5. The number of nitrogens with one attached hydrogen (secondary N) is 1. The Labute approximate surface area is 205 Å². The van der Waals surface area contributed by atoms with Crippen LogP contribution in [-0.4, -0.2) is 36.9 Å². The minimum absolute atomic E-state index is 0.0726. The van der Waals surface area contributed by atoms with Gasteiger partial charge < -0.3 is 18.5 Å². The number of aromatic nitrogens is 1. The van der Waals surface area contributed by atoms with Crippen molar-refractivity contribution in [2.45, 2.75) is 20.1 Å². The normalized spacial score (nSPS) is 10.8. The Morgan fingerprint density at radius 1 is 1.26 bits per heavy atom. The van der Waals surface area contributed by atoms with Gasteiger partial charge in [-0.05, 0) is 37.3 Å². The number of hydrazone groups is 1. The summed E-state index contributed by atoms with van der Waals surface area (Å²) in [6.07, 6.45) is 1.30. The number of methoxy groups -OCH3 is 2. The van der Waals surface area contributed by atoms with E-state index in [2.05, 4.69) is 15.3 Å². The zero-order valence-corrected chi connectivity index (χ0v) is 19.9. The quantitative estimate of drug-likeness (QED) is 0.287. The third-order valence-corrected chi connectivity index (χ3v) is 5.28. The maximum absolute atomic E-state index is 12.6. The van der Waals surface area contributed by atoms with Gasteiger partial charge in [-0.1, -0.05) is 17.7 Å². The Morgan fingerprint density at radius 2 is 2.03 bits per heavy atom. The van der Waals surface area contributed by atoms with Gasteiger partial charge in [-0.2, -0.15) is 10.4 Å². The number of hydrogen-bond donors (Lipinski definition) is 1. The summed E-state index contributed by atoms with van der Waals surface area (Å²) in [5, 5.41) is 13.4. The summed E-state index contributed by atoms with van der Waals surface area (Å²) in [4.78, 5) is 36.6. The van der Waals surface area contributed by atoms with Gasteiger partial charge in [0.25, 0.3) is 11.5 Å². The highest BCUT2D eigenvalue weighted by Gasteiger charge is 2.15. The lowest BCUT2D eigenvalue weighted by Gasteiger charge is -2.12. The summed E-state index contributed by atoms with van der Waals surface area (Å²) in [7, 11) is 2.73. The summed E-state index contributed by atoms with van der Waals surface area (Å²) in [6, 6.07) is 11.6. The fraction of sp³-hybridized carbons (Fsp3) is 0.208. The number of amides is 1. The minimum Gasteiger partial charge on any atom is -0.465 e. The zero-order valence-electron chi connectivity index (χ0n) is 19.1. The van der Waals surface area contributed by atoms with Crippen LogP contribution in [0.2, 0.25) is 5.02 Å². The SMILES string of the molecule is COCc1cc(C)n(CC(=O)N/N=C/c2ccc(-c3ccc(C(=O)OC)c(Cl)c3)o2)c(=O)c1C#N. The molecule has 2 heterocycles. The number of pyridine rings is 1. The van der Waals surface area contributed by atoms with E-state index in [1.165, 1.54) is 31.1 Å². The van der Waals surface area contributed by atoms with Gasteiger partial charge in [-0.25, -0.2) is 10.2 Å². The number of furan rings is 1. The molecular formula is C24H21ClN4O6. The van der Waals surface area contributed by atoms with Crippen LogP contribution in [-0.2, 0) is 27.4 Å². The van der Waals surface area contributed by atoms with Crippen molar-refractivity contribution in [3.05, 3.63) is 79.9 Å². The van der Waals surface area contributed by atoms with Crippen LogP contribution in [0.25, 0.3) is 11.3 Å². The first-order valence-electron chi connectivity index (χ1n) is 10.2. The van der Waals surface area contributed by atoms with Gasteiger partial charge in [0.1, 0.15) is 29.7 Å². The van der Waals surface area contributed by atoms with Crippen LogP contribution in [0.4, 0.5) is 0 Å². The first kappa shape index (κ1) is 25.4. The van der Waals surface area contributed by atoms with Crippen molar-refractivity contribution < 1.29 is 23.5 Å². The average Bonchev–Trinajstić information content (AvgIpc) is 3.30. The summed E-state index contributed by atoms with van der Waals surface area (Å²) >= 11 is 6.15. The summed E-state index contributed by atoms with van der Waals surface area (Å²) in [5.74, 6) is -0.292. The van der Waals surface area contributed by atoms with Crippen molar-refractivity contribution in [2.24, 2.45) is 5.10 Å². The molecule has 3 aromatic rings. The van der Waals surface area contributed by atoms with Gasteiger partial charge in [0.05, 0.1) is 30.5 Å². The van der Waals surface area contributed by atoms with Crippen LogP contribution in [0, 0.1) is 18.3 Å². The number of nitriles is 1. The Bertz CT molecular complexity index is 1400. The molecule has 2 aromatic heterocycles. The summed E-state index contributed by atoms with van der Waals surface area (Å²) < 4.78 is 16.6. The fourth-order valence-corrected chi connectivity index (χ4v) is 3.55. The summed E-state index contributed by atoms with van der Waals surface area (Å²) in [5.41, 5.74) is 3.51. The molecule has 0 unspecified atom stereocenters. The number of ether oxygens (including phenoxy) is 2. The van der Waals surface area contributed by atoms with Gasteiger partial charge in [-0.3, -0.25) is 9.59 Å². The van der Waals surface area contributed by atoms with Crippen LogP contribution < -0.4 is 11.0 Å². The van der Waals surface area contributed by atoms with Crippen molar-refractivity contribution in [3.63, 3.8) is 0 Å². The molecule has 35 heavy (non-hydrogen) atoms. The Morgan fingerprint density at radius 3 is 2.69 bits per heavy atom. The van der Waals surface area contributed by atoms with Gasteiger partial charge in [0.15, 0.2) is 0 Å². The van der Waals surface area contributed by atoms with Gasteiger partial charge in [0, 0.05) is 23.9 Å². The number of esters is 1. The molecule has 0 saturated heterocycles. The molecular weight excluding hydrogens is 476 g/mol. The molecule has 3 rings (SSSR count). The predicted molar refractivity (Wildman–Crippen MR) is 127 cm³/mol. The maximum Gasteiger partial charge on any atom is 0.339 e. The molecule has 180 valence electrons. The molecule has 0 saturated carbocycles. The third kappa shape index (κ3) is 5.84. The summed E-state index contributed by atoms with van der Waals surface area (Å²) in [6.45, 7) is 1.45. The average molecular weight is 497 g/mol. The van der Waals surface area contributed by atoms with Crippen LogP contribution >= 0.6 is 11.6 Å². The van der Waals surface area contributed by atoms with E-state index in [0.717, 1.165) is 0 Å². The predicted octanol–water partition coefficient (Wildman–Crippen LogP) is 3.03. The second-order valence-corrected chi connectivity index (χ2v) is 7.71.